The van der Waals surface area contributed by atoms with Gasteiger partial charge in [-0.25, -0.2) is 4.39 Å². The Balaban J connectivity index is 0.00000161. The summed E-state index contributed by atoms with van der Waals surface area (Å²) in [4.78, 5) is 2.36. The van der Waals surface area contributed by atoms with E-state index in [2.05, 4.69) is 26.1 Å². The predicted molar refractivity (Wildman–Crippen MR) is 90.4 cm³/mol. The van der Waals surface area contributed by atoms with Gasteiger partial charge >= 0.3 is 0 Å². The average Bonchev–Trinajstić information content (AvgIpc) is 3.26. The van der Waals surface area contributed by atoms with Gasteiger partial charge in [0.1, 0.15) is 5.82 Å². The van der Waals surface area contributed by atoms with Gasteiger partial charge in [-0.1, -0.05) is 15.9 Å². The van der Waals surface area contributed by atoms with Crippen LogP contribution >= 0.6 is 28.3 Å². The molecule has 1 saturated carbocycles. The quantitative estimate of drug-likeness (QED) is 0.835. The lowest BCUT2D eigenvalue weighted by atomic mass is 10.0. The van der Waals surface area contributed by atoms with Crippen LogP contribution in [0.2, 0.25) is 0 Å². The van der Waals surface area contributed by atoms with Crippen LogP contribution in [0.3, 0.4) is 0 Å². The number of nitrogens with zero attached hydrogens (tertiary/aromatic N) is 1. The summed E-state index contributed by atoms with van der Waals surface area (Å²) in [5.74, 6) is 0.853. The smallest absolute Gasteiger partial charge is 0.127 e. The van der Waals surface area contributed by atoms with Crippen molar-refractivity contribution in [3.63, 3.8) is 0 Å². The Morgan fingerprint density at radius 3 is 2.57 bits per heavy atom. The predicted octanol–water partition coefficient (Wildman–Crippen LogP) is 3.97. The number of halogens is 3. The normalized spacial score (nSPS) is 20.3. The molecule has 0 atom stereocenters. The number of rotatable bonds is 5. The van der Waals surface area contributed by atoms with E-state index in [4.69, 9.17) is 0 Å². The highest BCUT2D eigenvalue weighted by molar-refractivity contribution is 9.10. The lowest BCUT2D eigenvalue weighted by Gasteiger charge is -2.32. The molecule has 1 saturated heterocycles. The van der Waals surface area contributed by atoms with Crippen LogP contribution in [0.15, 0.2) is 22.7 Å². The van der Waals surface area contributed by atoms with Crippen LogP contribution < -0.4 is 5.32 Å². The summed E-state index contributed by atoms with van der Waals surface area (Å²) in [5, 5.41) is 3.68. The van der Waals surface area contributed by atoms with E-state index < -0.39 is 0 Å². The Morgan fingerprint density at radius 1 is 1.19 bits per heavy atom. The highest BCUT2D eigenvalue weighted by Gasteiger charge is 2.24. The third-order valence-electron chi connectivity index (χ3n) is 4.38. The molecule has 0 spiro atoms. The maximum Gasteiger partial charge on any atom is 0.127 e. The Hall–Kier alpha value is -0.160. The van der Waals surface area contributed by atoms with E-state index in [0.29, 0.717) is 6.04 Å². The topological polar surface area (TPSA) is 15.3 Å². The molecule has 1 aromatic carbocycles. The van der Waals surface area contributed by atoms with Crippen molar-refractivity contribution in [2.45, 2.75) is 38.3 Å². The summed E-state index contributed by atoms with van der Waals surface area (Å²) >= 11 is 3.42. The maximum absolute atomic E-state index is 13.8. The fraction of sp³-hybridized carbons (Fsp3) is 0.625. The molecule has 21 heavy (non-hydrogen) atoms. The lowest BCUT2D eigenvalue weighted by Crippen LogP contribution is -2.42. The second-order valence-electron chi connectivity index (χ2n) is 6.14. The Kier molecular flexibility index (Phi) is 6.48. The molecule has 2 aliphatic rings. The SMILES string of the molecule is Cl.Fc1ccc(Br)cc1CN1CCC(NCC2CC2)CC1. The molecule has 0 amide bonds. The first-order valence-corrected chi connectivity index (χ1v) is 8.39. The molecule has 1 aromatic rings. The van der Waals surface area contributed by atoms with E-state index in [9.17, 15) is 4.39 Å². The second kappa shape index (κ2) is 7.91. The van der Waals surface area contributed by atoms with Crippen molar-refractivity contribution in [1.29, 1.82) is 0 Å². The van der Waals surface area contributed by atoms with Crippen LogP contribution in [0, 0.1) is 11.7 Å². The number of piperidine rings is 1. The number of hydrogen-bond donors (Lipinski definition) is 1. The lowest BCUT2D eigenvalue weighted by molar-refractivity contribution is 0.188. The largest absolute Gasteiger partial charge is 0.314 e. The number of benzene rings is 1. The van der Waals surface area contributed by atoms with Gasteiger partial charge in [-0.05, 0) is 69.4 Å². The van der Waals surface area contributed by atoms with Gasteiger partial charge in [-0.2, -0.15) is 0 Å². The highest BCUT2D eigenvalue weighted by Crippen LogP contribution is 2.28. The minimum absolute atomic E-state index is 0. The van der Waals surface area contributed by atoms with E-state index in [1.807, 2.05) is 6.07 Å². The van der Waals surface area contributed by atoms with Gasteiger partial charge in [0.15, 0.2) is 0 Å². The highest BCUT2D eigenvalue weighted by atomic mass is 79.9. The minimum Gasteiger partial charge on any atom is -0.314 e. The van der Waals surface area contributed by atoms with Gasteiger partial charge in [-0.15, -0.1) is 12.4 Å². The molecule has 0 aromatic heterocycles. The van der Waals surface area contributed by atoms with E-state index in [0.717, 1.165) is 35.6 Å². The van der Waals surface area contributed by atoms with Crippen molar-refractivity contribution in [3.8, 4) is 0 Å². The summed E-state index contributed by atoms with van der Waals surface area (Å²) in [7, 11) is 0. The average molecular weight is 378 g/mol. The first-order valence-electron chi connectivity index (χ1n) is 7.60. The summed E-state index contributed by atoms with van der Waals surface area (Å²) in [6.45, 7) is 4.05. The first-order chi connectivity index (χ1) is 9.70. The Labute approximate surface area is 141 Å². The van der Waals surface area contributed by atoms with E-state index in [1.165, 1.54) is 32.2 Å². The standard InChI is InChI=1S/C16H22BrFN2.ClH/c17-14-3-4-16(18)13(9-14)11-20-7-5-15(6-8-20)19-10-12-1-2-12;/h3-4,9,12,15,19H,1-2,5-8,10-11H2;1H. The molecular formula is C16H23BrClFN2. The molecule has 1 N–H and O–H groups in total. The molecule has 0 bridgehead atoms. The zero-order valence-corrected chi connectivity index (χ0v) is 14.6. The minimum atomic E-state index is -0.0952. The number of likely N-dealkylation sites (tertiary alicyclic amines) is 1. The van der Waals surface area contributed by atoms with Crippen LogP contribution in [0.1, 0.15) is 31.2 Å². The van der Waals surface area contributed by atoms with Gasteiger partial charge in [0.05, 0.1) is 0 Å². The zero-order valence-electron chi connectivity index (χ0n) is 12.2. The van der Waals surface area contributed by atoms with Crippen molar-refractivity contribution in [2.75, 3.05) is 19.6 Å². The molecule has 1 aliphatic heterocycles. The molecule has 118 valence electrons. The fourth-order valence-corrected chi connectivity index (χ4v) is 3.26. The number of hydrogen-bond acceptors (Lipinski definition) is 2. The molecule has 0 radical (unpaired) electrons. The van der Waals surface area contributed by atoms with E-state index >= 15 is 0 Å². The maximum atomic E-state index is 13.8. The van der Waals surface area contributed by atoms with Crippen molar-refractivity contribution in [2.24, 2.45) is 5.92 Å². The molecule has 1 heterocycles. The van der Waals surface area contributed by atoms with Crippen LogP contribution in [0.4, 0.5) is 4.39 Å². The third kappa shape index (κ3) is 5.20. The molecule has 3 rings (SSSR count). The third-order valence-corrected chi connectivity index (χ3v) is 4.87. The number of nitrogens with one attached hydrogen (secondary N) is 1. The van der Waals surface area contributed by atoms with Crippen molar-refractivity contribution >= 4 is 28.3 Å². The van der Waals surface area contributed by atoms with Gasteiger partial charge in [0.25, 0.3) is 0 Å². The van der Waals surface area contributed by atoms with Crippen LogP contribution in [-0.4, -0.2) is 30.6 Å². The van der Waals surface area contributed by atoms with Crippen molar-refractivity contribution in [3.05, 3.63) is 34.1 Å². The zero-order chi connectivity index (χ0) is 13.9. The summed E-state index contributed by atoms with van der Waals surface area (Å²) in [6, 6.07) is 5.86. The van der Waals surface area contributed by atoms with Crippen molar-refractivity contribution in [1.82, 2.24) is 10.2 Å². The summed E-state index contributed by atoms with van der Waals surface area (Å²) in [5.41, 5.74) is 0.795. The van der Waals surface area contributed by atoms with Crippen LogP contribution in [0.5, 0.6) is 0 Å². The molecule has 1 aliphatic carbocycles. The molecular weight excluding hydrogens is 355 g/mol. The summed E-state index contributed by atoms with van der Waals surface area (Å²) < 4.78 is 14.7. The fourth-order valence-electron chi connectivity index (χ4n) is 2.86. The molecule has 5 heteroatoms. The summed E-state index contributed by atoms with van der Waals surface area (Å²) in [6.07, 6.45) is 5.19. The van der Waals surface area contributed by atoms with E-state index in [-0.39, 0.29) is 18.2 Å². The Bertz CT molecular complexity index is 460. The second-order valence-corrected chi connectivity index (χ2v) is 7.05. The van der Waals surface area contributed by atoms with Crippen molar-refractivity contribution < 1.29 is 4.39 Å². The molecule has 0 unspecified atom stereocenters. The molecule has 2 fully saturated rings. The van der Waals surface area contributed by atoms with Gasteiger partial charge in [0, 0.05) is 22.6 Å². The van der Waals surface area contributed by atoms with Crippen LogP contribution in [0.25, 0.3) is 0 Å². The van der Waals surface area contributed by atoms with Gasteiger partial charge < -0.3 is 5.32 Å². The first kappa shape index (κ1) is 17.2. The monoisotopic (exact) mass is 376 g/mol. The Morgan fingerprint density at radius 2 is 1.90 bits per heavy atom. The van der Waals surface area contributed by atoms with E-state index in [1.54, 1.807) is 12.1 Å². The molecule has 2 nitrogen and oxygen atoms in total. The van der Waals surface area contributed by atoms with Gasteiger partial charge in [0.2, 0.25) is 0 Å². The van der Waals surface area contributed by atoms with Crippen LogP contribution in [-0.2, 0) is 6.54 Å². The van der Waals surface area contributed by atoms with Gasteiger partial charge in [-0.3, -0.25) is 4.90 Å².